The minimum absolute atomic E-state index is 0.244. The largest absolute Gasteiger partial charge is 0.476 e. The van der Waals surface area contributed by atoms with Gasteiger partial charge in [-0.2, -0.15) is 13.2 Å². The maximum atomic E-state index is 12.4. The van der Waals surface area contributed by atoms with Crippen LogP contribution in [-0.4, -0.2) is 23.7 Å². The molecule has 104 valence electrons. The number of piperidine rings is 2. The Kier molecular flexibility index (Phi) is 3.12. The number of alkyl halides is 3. The summed E-state index contributed by atoms with van der Waals surface area (Å²) in [6.45, 7) is 0.464. The molecule has 1 atom stereocenters. The first kappa shape index (κ1) is 12.7. The summed E-state index contributed by atoms with van der Waals surface area (Å²) < 4.78 is 42.5. The van der Waals surface area contributed by atoms with E-state index >= 15 is 0 Å². The minimum Gasteiger partial charge on any atom is -0.476 e. The van der Waals surface area contributed by atoms with Crippen molar-refractivity contribution in [2.45, 2.75) is 37.5 Å². The molecular weight excluding hydrogens is 257 g/mol. The predicted molar refractivity (Wildman–Crippen MR) is 62.8 cm³/mol. The molecule has 19 heavy (non-hydrogen) atoms. The molecule has 2 saturated heterocycles. The number of nitrogens with one attached hydrogen (secondary N) is 1. The van der Waals surface area contributed by atoms with Gasteiger partial charge in [-0.1, -0.05) is 0 Å². The summed E-state index contributed by atoms with van der Waals surface area (Å²) in [6.07, 6.45) is 0.0278. The molecule has 1 aromatic heterocycles. The van der Waals surface area contributed by atoms with Crippen LogP contribution in [-0.2, 0) is 6.18 Å². The Labute approximate surface area is 109 Å². The Morgan fingerprint density at radius 1 is 1.26 bits per heavy atom. The van der Waals surface area contributed by atoms with Crippen LogP contribution in [0, 0.1) is 5.92 Å². The van der Waals surface area contributed by atoms with Crippen LogP contribution >= 0.6 is 0 Å². The van der Waals surface area contributed by atoms with Crippen molar-refractivity contribution in [2.75, 3.05) is 6.61 Å². The lowest BCUT2D eigenvalue weighted by Crippen LogP contribution is -2.55. The van der Waals surface area contributed by atoms with Crippen molar-refractivity contribution < 1.29 is 17.9 Å². The Morgan fingerprint density at radius 2 is 2.05 bits per heavy atom. The lowest BCUT2D eigenvalue weighted by atomic mass is 9.72. The van der Waals surface area contributed by atoms with Crippen molar-refractivity contribution in [3.05, 3.63) is 23.9 Å². The van der Waals surface area contributed by atoms with Gasteiger partial charge in [-0.25, -0.2) is 4.98 Å². The second-order valence-corrected chi connectivity index (χ2v) is 5.33. The molecule has 3 aliphatic rings. The monoisotopic (exact) mass is 272 g/mol. The van der Waals surface area contributed by atoms with E-state index in [2.05, 4.69) is 10.3 Å². The second kappa shape index (κ2) is 4.67. The van der Waals surface area contributed by atoms with Crippen molar-refractivity contribution in [2.24, 2.45) is 5.92 Å². The van der Waals surface area contributed by atoms with Gasteiger partial charge in [0, 0.05) is 24.3 Å². The lowest BCUT2D eigenvalue weighted by Gasteiger charge is -2.46. The smallest absolute Gasteiger partial charge is 0.417 e. The standard InChI is InChI=1S/C13H15F3N2O/c14-13(15,16)9-1-2-12(17-6-9)19-7-11-5-8-3-10(4-8)18-11/h1-2,6,8,10-11,18H,3-5,7H2. The molecule has 1 aromatic rings. The van der Waals surface area contributed by atoms with Gasteiger partial charge >= 0.3 is 6.18 Å². The van der Waals surface area contributed by atoms with E-state index in [1.165, 1.54) is 18.9 Å². The van der Waals surface area contributed by atoms with Crippen molar-refractivity contribution in [1.82, 2.24) is 10.3 Å². The number of hydrogen-bond donors (Lipinski definition) is 1. The van der Waals surface area contributed by atoms with Crippen molar-refractivity contribution in [3.63, 3.8) is 0 Å². The molecule has 3 heterocycles. The third kappa shape index (κ3) is 2.83. The number of nitrogens with zero attached hydrogens (tertiary/aromatic N) is 1. The third-order valence-corrected chi connectivity index (χ3v) is 3.82. The molecule has 3 nitrogen and oxygen atoms in total. The Hall–Kier alpha value is -1.30. The average molecular weight is 272 g/mol. The summed E-state index contributed by atoms with van der Waals surface area (Å²) in [6, 6.07) is 3.16. The van der Waals surface area contributed by atoms with Gasteiger partial charge < -0.3 is 10.1 Å². The number of ether oxygens (including phenoxy) is 1. The molecule has 2 aliphatic heterocycles. The summed E-state index contributed by atoms with van der Waals surface area (Å²) in [5.74, 6) is 1.04. The predicted octanol–water partition coefficient (Wildman–Crippen LogP) is 2.62. The zero-order valence-electron chi connectivity index (χ0n) is 10.3. The second-order valence-electron chi connectivity index (χ2n) is 5.33. The summed E-state index contributed by atoms with van der Waals surface area (Å²) in [5.41, 5.74) is -0.753. The molecule has 1 unspecified atom stereocenters. The number of fused-ring (bicyclic) bond motifs is 2. The molecule has 1 aliphatic carbocycles. The quantitative estimate of drug-likeness (QED) is 0.918. The fraction of sp³-hybridized carbons (Fsp3) is 0.615. The van der Waals surface area contributed by atoms with Crippen molar-refractivity contribution >= 4 is 0 Å². The van der Waals surface area contributed by atoms with Gasteiger partial charge in [0.05, 0.1) is 5.56 Å². The van der Waals surface area contributed by atoms with E-state index in [4.69, 9.17) is 4.74 Å². The normalized spacial score (nSPS) is 29.7. The van der Waals surface area contributed by atoms with Gasteiger partial charge in [-0.05, 0) is 31.2 Å². The molecule has 1 saturated carbocycles. The molecule has 3 fully saturated rings. The Bertz CT molecular complexity index is 430. The molecule has 6 heteroatoms. The van der Waals surface area contributed by atoms with Crippen LogP contribution in [0.15, 0.2) is 18.3 Å². The number of aromatic nitrogens is 1. The SMILES string of the molecule is FC(F)(F)c1ccc(OCC2CC3CC(C3)N2)nc1. The number of rotatable bonds is 3. The van der Waals surface area contributed by atoms with Gasteiger partial charge in [0.15, 0.2) is 0 Å². The molecule has 0 amide bonds. The summed E-state index contributed by atoms with van der Waals surface area (Å²) in [4.78, 5) is 3.69. The molecular formula is C13H15F3N2O. The average Bonchev–Trinajstić information content (AvgIpc) is 2.35. The maximum absolute atomic E-state index is 12.4. The summed E-state index contributed by atoms with van der Waals surface area (Å²) >= 11 is 0. The molecule has 2 bridgehead atoms. The highest BCUT2D eigenvalue weighted by Crippen LogP contribution is 2.36. The summed E-state index contributed by atoms with van der Waals surface area (Å²) in [5, 5.41) is 3.46. The van der Waals surface area contributed by atoms with E-state index in [0.29, 0.717) is 18.7 Å². The zero-order valence-corrected chi connectivity index (χ0v) is 10.3. The van der Waals surface area contributed by atoms with E-state index < -0.39 is 11.7 Å². The van der Waals surface area contributed by atoms with Crippen LogP contribution < -0.4 is 10.1 Å². The van der Waals surface area contributed by atoms with E-state index in [1.54, 1.807) is 0 Å². The van der Waals surface area contributed by atoms with Crippen molar-refractivity contribution in [3.8, 4) is 5.88 Å². The lowest BCUT2D eigenvalue weighted by molar-refractivity contribution is -0.137. The molecule has 0 radical (unpaired) electrons. The fourth-order valence-corrected chi connectivity index (χ4v) is 2.80. The topological polar surface area (TPSA) is 34.1 Å². The number of hydrogen-bond acceptors (Lipinski definition) is 3. The first-order valence-electron chi connectivity index (χ1n) is 6.43. The van der Waals surface area contributed by atoms with Crippen LogP contribution in [0.2, 0.25) is 0 Å². The Morgan fingerprint density at radius 3 is 2.58 bits per heavy atom. The van der Waals surface area contributed by atoms with Crippen LogP contribution in [0.1, 0.15) is 24.8 Å². The van der Waals surface area contributed by atoms with Crippen LogP contribution in [0.4, 0.5) is 13.2 Å². The van der Waals surface area contributed by atoms with E-state index in [0.717, 1.165) is 24.6 Å². The highest BCUT2D eigenvalue weighted by molar-refractivity contribution is 5.20. The zero-order chi connectivity index (χ0) is 13.5. The highest BCUT2D eigenvalue weighted by Gasteiger charge is 2.37. The molecule has 1 N–H and O–H groups in total. The first-order chi connectivity index (χ1) is 9.00. The van der Waals surface area contributed by atoms with E-state index in [-0.39, 0.29) is 5.88 Å². The third-order valence-electron chi connectivity index (χ3n) is 3.82. The minimum atomic E-state index is -4.35. The van der Waals surface area contributed by atoms with Crippen molar-refractivity contribution in [1.29, 1.82) is 0 Å². The van der Waals surface area contributed by atoms with Crippen LogP contribution in [0.3, 0.4) is 0 Å². The maximum Gasteiger partial charge on any atom is 0.417 e. The van der Waals surface area contributed by atoms with Gasteiger partial charge in [-0.15, -0.1) is 0 Å². The van der Waals surface area contributed by atoms with Gasteiger partial charge in [0.25, 0.3) is 0 Å². The van der Waals surface area contributed by atoms with Gasteiger partial charge in [0.2, 0.25) is 5.88 Å². The molecule has 4 rings (SSSR count). The summed E-state index contributed by atoms with van der Waals surface area (Å²) in [7, 11) is 0. The number of pyridine rings is 1. The molecule has 0 spiro atoms. The van der Waals surface area contributed by atoms with E-state index in [1.807, 2.05) is 0 Å². The fourth-order valence-electron chi connectivity index (χ4n) is 2.80. The van der Waals surface area contributed by atoms with E-state index in [9.17, 15) is 13.2 Å². The Balaban J connectivity index is 1.52. The van der Waals surface area contributed by atoms with Crippen LogP contribution in [0.25, 0.3) is 0 Å². The van der Waals surface area contributed by atoms with Gasteiger partial charge in [0.1, 0.15) is 6.61 Å². The highest BCUT2D eigenvalue weighted by atomic mass is 19.4. The van der Waals surface area contributed by atoms with Crippen LogP contribution in [0.5, 0.6) is 5.88 Å². The van der Waals surface area contributed by atoms with Gasteiger partial charge in [-0.3, -0.25) is 0 Å². The number of halogens is 3. The molecule has 0 aromatic carbocycles. The first-order valence-corrected chi connectivity index (χ1v) is 6.43.